The molecule has 0 amide bonds. The molecular weight excluding hydrogens is 378 g/mol. The van der Waals surface area contributed by atoms with Crippen LogP contribution in [0, 0.1) is 6.92 Å². The van der Waals surface area contributed by atoms with E-state index < -0.39 is 10.0 Å². The Labute approximate surface area is 136 Å². The number of benzene rings is 2. The third-order valence-electron chi connectivity index (χ3n) is 2.83. The van der Waals surface area contributed by atoms with Crippen molar-refractivity contribution in [2.75, 3.05) is 4.72 Å². The number of rotatable bonds is 4. The van der Waals surface area contributed by atoms with Gasteiger partial charge in [-0.3, -0.25) is 4.72 Å². The average Bonchev–Trinajstić information content (AvgIpc) is 2.42. The molecule has 0 aliphatic carbocycles. The van der Waals surface area contributed by atoms with E-state index in [1.54, 1.807) is 30.3 Å². The normalized spacial score (nSPS) is 11.4. The first-order chi connectivity index (χ1) is 9.83. The first-order valence-electron chi connectivity index (χ1n) is 6.02. The lowest BCUT2D eigenvalue weighted by molar-refractivity contribution is 0.281. The third-order valence-corrected chi connectivity index (χ3v) is 5.51. The van der Waals surface area contributed by atoms with Gasteiger partial charge in [-0.25, -0.2) is 8.42 Å². The standard InChI is InChI=1S/C14H13BrClNO3S/c1-9-2-4-12(16)13(6-9)17-21(19,20)14-5-3-10(8-18)7-11(14)15/h2-7,17-18H,8H2,1H3. The van der Waals surface area contributed by atoms with Gasteiger partial charge in [-0.15, -0.1) is 0 Å². The third kappa shape index (κ3) is 3.77. The summed E-state index contributed by atoms with van der Waals surface area (Å²) >= 11 is 9.21. The Bertz CT molecular complexity index is 778. The van der Waals surface area contributed by atoms with Gasteiger partial charge in [-0.05, 0) is 58.2 Å². The second-order valence-corrected chi connectivity index (χ2v) is 7.42. The molecule has 0 bridgehead atoms. The van der Waals surface area contributed by atoms with Gasteiger partial charge in [0.25, 0.3) is 10.0 Å². The minimum atomic E-state index is -3.77. The Kier molecular flexibility index (Phi) is 4.93. The van der Waals surface area contributed by atoms with Crippen molar-refractivity contribution in [3.05, 3.63) is 57.0 Å². The monoisotopic (exact) mass is 389 g/mol. The quantitative estimate of drug-likeness (QED) is 0.836. The molecule has 0 fully saturated rings. The molecule has 0 saturated heterocycles. The summed E-state index contributed by atoms with van der Waals surface area (Å²) in [5.41, 5.74) is 1.84. The zero-order valence-corrected chi connectivity index (χ0v) is 14.3. The lowest BCUT2D eigenvalue weighted by Crippen LogP contribution is -2.14. The summed E-state index contributed by atoms with van der Waals surface area (Å²) in [7, 11) is -3.77. The summed E-state index contributed by atoms with van der Waals surface area (Å²) in [6, 6.07) is 9.64. The van der Waals surface area contributed by atoms with Crippen LogP contribution in [-0.2, 0) is 16.6 Å². The molecule has 2 aromatic rings. The van der Waals surface area contributed by atoms with E-state index in [2.05, 4.69) is 20.7 Å². The average molecular weight is 391 g/mol. The number of nitrogens with one attached hydrogen (secondary N) is 1. The number of hydrogen-bond acceptors (Lipinski definition) is 3. The van der Waals surface area contributed by atoms with Crippen molar-refractivity contribution in [3.8, 4) is 0 Å². The molecule has 0 unspecified atom stereocenters. The molecular formula is C14H13BrClNO3S. The van der Waals surface area contributed by atoms with E-state index in [1.807, 2.05) is 6.92 Å². The Hall–Kier alpha value is -1.08. The van der Waals surface area contributed by atoms with Gasteiger partial charge in [0.15, 0.2) is 0 Å². The number of sulfonamides is 1. The zero-order chi connectivity index (χ0) is 15.6. The number of aryl methyl sites for hydroxylation is 1. The first kappa shape index (κ1) is 16.3. The van der Waals surface area contributed by atoms with E-state index in [4.69, 9.17) is 16.7 Å². The number of aliphatic hydroxyl groups excluding tert-OH is 1. The molecule has 0 aliphatic heterocycles. The van der Waals surface area contributed by atoms with Crippen molar-refractivity contribution in [3.63, 3.8) is 0 Å². The Morgan fingerprint density at radius 2 is 1.95 bits per heavy atom. The van der Waals surface area contributed by atoms with Crippen molar-refractivity contribution < 1.29 is 13.5 Å². The molecule has 0 heterocycles. The molecule has 0 radical (unpaired) electrons. The predicted octanol–water partition coefficient (Wildman–Crippen LogP) is 3.70. The molecule has 4 nitrogen and oxygen atoms in total. The largest absolute Gasteiger partial charge is 0.392 e. The van der Waals surface area contributed by atoms with Gasteiger partial charge in [-0.1, -0.05) is 23.7 Å². The van der Waals surface area contributed by atoms with E-state index in [1.165, 1.54) is 6.07 Å². The van der Waals surface area contributed by atoms with Crippen LogP contribution in [0.15, 0.2) is 45.8 Å². The van der Waals surface area contributed by atoms with Crippen LogP contribution >= 0.6 is 27.5 Å². The van der Waals surface area contributed by atoms with Gasteiger partial charge in [0.2, 0.25) is 0 Å². The maximum atomic E-state index is 12.4. The van der Waals surface area contributed by atoms with Crippen LogP contribution in [0.2, 0.25) is 5.02 Å². The fourth-order valence-corrected chi connectivity index (χ4v) is 4.20. The molecule has 7 heteroatoms. The molecule has 2 rings (SSSR count). The molecule has 2 N–H and O–H groups in total. The molecule has 0 aromatic heterocycles. The summed E-state index contributed by atoms with van der Waals surface area (Å²) in [6.45, 7) is 1.69. The van der Waals surface area contributed by atoms with Crippen molar-refractivity contribution in [1.82, 2.24) is 0 Å². The summed E-state index contributed by atoms with van der Waals surface area (Å²) in [5.74, 6) is 0. The van der Waals surface area contributed by atoms with Crippen LogP contribution in [0.25, 0.3) is 0 Å². The Balaban J connectivity index is 2.41. The second-order valence-electron chi connectivity index (χ2n) is 4.51. The zero-order valence-electron chi connectivity index (χ0n) is 11.1. The van der Waals surface area contributed by atoms with Crippen molar-refractivity contribution in [1.29, 1.82) is 0 Å². The molecule has 0 aliphatic rings. The van der Waals surface area contributed by atoms with Gasteiger partial charge >= 0.3 is 0 Å². The lowest BCUT2D eigenvalue weighted by atomic mass is 10.2. The lowest BCUT2D eigenvalue weighted by Gasteiger charge is -2.12. The van der Waals surface area contributed by atoms with Crippen LogP contribution in [0.5, 0.6) is 0 Å². The van der Waals surface area contributed by atoms with E-state index in [0.29, 0.717) is 20.7 Å². The number of aliphatic hydroxyl groups is 1. The fraction of sp³-hybridized carbons (Fsp3) is 0.143. The topological polar surface area (TPSA) is 66.4 Å². The van der Waals surface area contributed by atoms with Crippen molar-refractivity contribution in [2.45, 2.75) is 18.4 Å². The predicted molar refractivity (Wildman–Crippen MR) is 87.1 cm³/mol. The molecule has 112 valence electrons. The SMILES string of the molecule is Cc1ccc(Cl)c(NS(=O)(=O)c2ccc(CO)cc2Br)c1. The number of anilines is 1. The highest BCUT2D eigenvalue weighted by Crippen LogP contribution is 2.29. The van der Waals surface area contributed by atoms with Crippen LogP contribution < -0.4 is 4.72 Å². The second kappa shape index (κ2) is 6.36. The van der Waals surface area contributed by atoms with Gasteiger partial charge < -0.3 is 5.11 Å². The van der Waals surface area contributed by atoms with Crippen molar-refractivity contribution >= 4 is 43.2 Å². The summed E-state index contributed by atoms with van der Waals surface area (Å²) < 4.78 is 27.7. The van der Waals surface area contributed by atoms with E-state index in [-0.39, 0.29) is 11.5 Å². The van der Waals surface area contributed by atoms with Crippen molar-refractivity contribution in [2.24, 2.45) is 0 Å². The summed E-state index contributed by atoms with van der Waals surface area (Å²) in [6.07, 6.45) is 0. The molecule has 21 heavy (non-hydrogen) atoms. The summed E-state index contributed by atoms with van der Waals surface area (Å²) in [4.78, 5) is 0.0808. The van der Waals surface area contributed by atoms with E-state index >= 15 is 0 Å². The fourth-order valence-electron chi connectivity index (χ4n) is 1.78. The van der Waals surface area contributed by atoms with Gasteiger partial charge in [0, 0.05) is 4.47 Å². The maximum absolute atomic E-state index is 12.4. The minimum absolute atomic E-state index is 0.0808. The van der Waals surface area contributed by atoms with Gasteiger partial charge in [0.1, 0.15) is 4.90 Å². The van der Waals surface area contributed by atoms with Gasteiger partial charge in [0.05, 0.1) is 17.3 Å². The summed E-state index contributed by atoms with van der Waals surface area (Å²) in [5, 5.41) is 9.38. The molecule has 0 saturated carbocycles. The maximum Gasteiger partial charge on any atom is 0.263 e. The highest BCUT2D eigenvalue weighted by Gasteiger charge is 2.19. The highest BCUT2D eigenvalue weighted by atomic mass is 79.9. The Morgan fingerprint density at radius 3 is 2.57 bits per heavy atom. The number of halogens is 2. The highest BCUT2D eigenvalue weighted by molar-refractivity contribution is 9.10. The van der Waals surface area contributed by atoms with Crippen LogP contribution in [-0.4, -0.2) is 13.5 Å². The van der Waals surface area contributed by atoms with E-state index in [9.17, 15) is 8.42 Å². The minimum Gasteiger partial charge on any atom is -0.392 e. The number of hydrogen-bond donors (Lipinski definition) is 2. The van der Waals surface area contributed by atoms with Crippen LogP contribution in [0.4, 0.5) is 5.69 Å². The molecule has 0 spiro atoms. The van der Waals surface area contributed by atoms with Crippen LogP contribution in [0.1, 0.15) is 11.1 Å². The molecule has 0 atom stereocenters. The van der Waals surface area contributed by atoms with Gasteiger partial charge in [-0.2, -0.15) is 0 Å². The molecule has 2 aromatic carbocycles. The first-order valence-corrected chi connectivity index (χ1v) is 8.67. The Morgan fingerprint density at radius 1 is 1.24 bits per heavy atom. The smallest absolute Gasteiger partial charge is 0.263 e. The van der Waals surface area contributed by atoms with E-state index in [0.717, 1.165) is 5.56 Å². The van der Waals surface area contributed by atoms with Crippen LogP contribution in [0.3, 0.4) is 0 Å².